The molecule has 3 N–H and O–H groups in total. The Morgan fingerprint density at radius 2 is 1.81 bits per heavy atom. The number of thiocarbonyl (C=S) groups is 1. The van der Waals surface area contributed by atoms with Gasteiger partial charge in [0.25, 0.3) is 0 Å². The maximum absolute atomic E-state index is 12.3. The lowest BCUT2D eigenvalue weighted by Gasteiger charge is -2.08. The molecule has 0 atom stereocenters. The third-order valence-electron chi connectivity index (χ3n) is 5.52. The number of anilines is 1. The fraction of sp³-hybridized carbons (Fsp3) is 0.0357. The highest BCUT2D eigenvalue weighted by atomic mass is 35.5. The number of imidazole rings is 1. The highest BCUT2D eigenvalue weighted by molar-refractivity contribution is 7.80. The molecule has 6 nitrogen and oxygen atoms in total. The van der Waals surface area contributed by atoms with Gasteiger partial charge in [0.1, 0.15) is 17.3 Å². The minimum atomic E-state index is -0.372. The predicted molar refractivity (Wildman–Crippen MR) is 149 cm³/mol. The van der Waals surface area contributed by atoms with Gasteiger partial charge in [-0.05, 0) is 85.4 Å². The molecule has 0 fully saturated rings. The van der Waals surface area contributed by atoms with Crippen molar-refractivity contribution in [3.63, 3.8) is 0 Å². The number of amides is 1. The number of nitrogens with one attached hydrogen (secondary N) is 3. The molecule has 3 aromatic carbocycles. The summed E-state index contributed by atoms with van der Waals surface area (Å²) in [6, 6.07) is 24.8. The van der Waals surface area contributed by atoms with Gasteiger partial charge in [-0.2, -0.15) is 0 Å². The van der Waals surface area contributed by atoms with E-state index in [1.165, 1.54) is 6.08 Å². The van der Waals surface area contributed by atoms with Gasteiger partial charge in [0, 0.05) is 27.9 Å². The minimum absolute atomic E-state index is 0.190. The molecule has 0 aliphatic rings. The zero-order valence-electron chi connectivity index (χ0n) is 19.2. The average molecular weight is 513 g/mol. The van der Waals surface area contributed by atoms with Gasteiger partial charge in [-0.15, -0.1) is 0 Å². The summed E-state index contributed by atoms with van der Waals surface area (Å²) in [6.45, 7) is 1.94. The second kappa shape index (κ2) is 10.2. The molecule has 5 rings (SSSR count). The SMILES string of the molecule is Cc1ccc(-c2ccc(/C=C/C(=O)NC(=S)Nc3ccc(-c4nc5ccccc5[nH]4)cc3)o2)cc1Cl. The molecule has 0 aliphatic carbocycles. The number of furan rings is 1. The summed E-state index contributed by atoms with van der Waals surface area (Å²) in [6.07, 6.45) is 2.95. The van der Waals surface area contributed by atoms with Gasteiger partial charge >= 0.3 is 0 Å². The molecule has 0 radical (unpaired) electrons. The van der Waals surface area contributed by atoms with Crippen molar-refractivity contribution in [1.29, 1.82) is 0 Å². The van der Waals surface area contributed by atoms with Crippen LogP contribution < -0.4 is 10.6 Å². The molecular weight excluding hydrogens is 492 g/mol. The Bertz CT molecular complexity index is 1570. The predicted octanol–water partition coefficient (Wildman–Crippen LogP) is 6.98. The number of hydrogen-bond donors (Lipinski definition) is 3. The number of benzene rings is 3. The lowest BCUT2D eigenvalue weighted by molar-refractivity contribution is -0.115. The molecule has 0 saturated carbocycles. The van der Waals surface area contributed by atoms with E-state index in [4.69, 9.17) is 28.2 Å². The largest absolute Gasteiger partial charge is 0.457 e. The number of nitrogens with zero attached hydrogens (tertiary/aromatic N) is 1. The van der Waals surface area contributed by atoms with Crippen LogP contribution in [-0.4, -0.2) is 21.0 Å². The summed E-state index contributed by atoms with van der Waals surface area (Å²) in [4.78, 5) is 20.2. The normalized spacial score (nSPS) is 11.2. The highest BCUT2D eigenvalue weighted by Gasteiger charge is 2.08. The molecule has 1 amide bonds. The molecular formula is C28H21ClN4O2S. The van der Waals surface area contributed by atoms with Crippen LogP contribution in [0, 0.1) is 6.92 Å². The lowest BCUT2D eigenvalue weighted by Crippen LogP contribution is -2.32. The van der Waals surface area contributed by atoms with E-state index >= 15 is 0 Å². The van der Waals surface area contributed by atoms with Crippen LogP contribution in [0.3, 0.4) is 0 Å². The van der Waals surface area contributed by atoms with Gasteiger partial charge in [-0.25, -0.2) is 4.98 Å². The van der Waals surface area contributed by atoms with Crippen LogP contribution in [0.2, 0.25) is 5.02 Å². The van der Waals surface area contributed by atoms with Crippen LogP contribution in [0.4, 0.5) is 5.69 Å². The van der Waals surface area contributed by atoms with Crippen molar-refractivity contribution in [2.75, 3.05) is 5.32 Å². The number of carbonyl (C=O) groups is 1. The first-order valence-corrected chi connectivity index (χ1v) is 11.9. The fourth-order valence-corrected chi connectivity index (χ4v) is 4.02. The van der Waals surface area contributed by atoms with Crippen LogP contribution in [-0.2, 0) is 4.79 Å². The van der Waals surface area contributed by atoms with Gasteiger partial charge in [-0.1, -0.05) is 35.9 Å². The van der Waals surface area contributed by atoms with Crippen molar-refractivity contribution >= 4 is 57.6 Å². The second-order valence-electron chi connectivity index (χ2n) is 8.12. The third-order valence-corrected chi connectivity index (χ3v) is 6.14. The first kappa shape index (κ1) is 23.5. The van der Waals surface area contributed by atoms with Crippen LogP contribution in [0.25, 0.3) is 39.8 Å². The Kier molecular flexibility index (Phi) is 6.66. The smallest absolute Gasteiger partial charge is 0.250 e. The Labute approximate surface area is 218 Å². The number of aromatic nitrogens is 2. The van der Waals surface area contributed by atoms with Crippen molar-refractivity contribution in [3.05, 3.63) is 101 Å². The minimum Gasteiger partial charge on any atom is -0.457 e. The van der Waals surface area contributed by atoms with Gasteiger partial charge in [0.2, 0.25) is 5.91 Å². The van der Waals surface area contributed by atoms with E-state index in [9.17, 15) is 4.79 Å². The average Bonchev–Trinajstić information content (AvgIpc) is 3.52. The number of rotatable bonds is 5. The standard InChI is InChI=1S/C28H21ClN4O2S/c1-17-6-7-19(16-22(17)29)25-14-12-21(35-25)13-15-26(34)33-28(36)30-20-10-8-18(9-11-20)27-31-23-4-2-3-5-24(23)32-27/h2-16H,1H3,(H,31,32)(H2,30,33,34,36)/b15-13+. The molecule has 8 heteroatoms. The Hall–Kier alpha value is -4.20. The van der Waals surface area contributed by atoms with E-state index in [-0.39, 0.29) is 11.0 Å². The summed E-state index contributed by atoms with van der Waals surface area (Å²) < 4.78 is 5.80. The fourth-order valence-electron chi connectivity index (χ4n) is 3.62. The highest BCUT2D eigenvalue weighted by Crippen LogP contribution is 2.27. The third kappa shape index (κ3) is 5.38. The van der Waals surface area contributed by atoms with Crippen molar-refractivity contribution in [2.45, 2.75) is 6.92 Å². The van der Waals surface area contributed by atoms with Gasteiger partial charge in [0.15, 0.2) is 5.11 Å². The first-order chi connectivity index (χ1) is 17.4. The topological polar surface area (TPSA) is 83.0 Å². The summed E-state index contributed by atoms with van der Waals surface area (Å²) in [5.74, 6) is 1.62. The number of fused-ring (bicyclic) bond motifs is 1. The Balaban J connectivity index is 1.16. The molecule has 0 spiro atoms. The van der Waals surface area contributed by atoms with Gasteiger partial charge < -0.3 is 14.7 Å². The van der Waals surface area contributed by atoms with E-state index in [0.717, 1.165) is 39.2 Å². The van der Waals surface area contributed by atoms with E-state index in [1.54, 1.807) is 12.1 Å². The van der Waals surface area contributed by atoms with Gasteiger partial charge in [-0.3, -0.25) is 10.1 Å². The van der Waals surface area contributed by atoms with Crippen LogP contribution in [0.15, 0.2) is 89.4 Å². The molecule has 2 aromatic heterocycles. The van der Waals surface area contributed by atoms with E-state index in [1.807, 2.05) is 79.7 Å². The molecule has 0 unspecified atom stereocenters. The van der Waals surface area contributed by atoms with E-state index < -0.39 is 0 Å². The zero-order chi connectivity index (χ0) is 25.1. The lowest BCUT2D eigenvalue weighted by atomic mass is 10.1. The molecule has 0 saturated heterocycles. The van der Waals surface area contributed by atoms with Crippen molar-refractivity contribution in [1.82, 2.24) is 15.3 Å². The number of halogens is 1. The Morgan fingerprint density at radius 1 is 1.03 bits per heavy atom. The molecule has 5 aromatic rings. The molecule has 2 heterocycles. The van der Waals surface area contributed by atoms with Crippen LogP contribution >= 0.6 is 23.8 Å². The molecule has 0 aliphatic heterocycles. The van der Waals surface area contributed by atoms with Crippen molar-refractivity contribution in [3.8, 4) is 22.7 Å². The maximum Gasteiger partial charge on any atom is 0.250 e. The second-order valence-corrected chi connectivity index (χ2v) is 8.94. The summed E-state index contributed by atoms with van der Waals surface area (Å²) in [5.41, 5.74) is 5.45. The summed E-state index contributed by atoms with van der Waals surface area (Å²) >= 11 is 11.5. The summed E-state index contributed by atoms with van der Waals surface area (Å²) in [7, 11) is 0. The molecule has 36 heavy (non-hydrogen) atoms. The molecule has 0 bridgehead atoms. The van der Waals surface area contributed by atoms with Crippen LogP contribution in [0.5, 0.6) is 0 Å². The van der Waals surface area contributed by atoms with Crippen LogP contribution in [0.1, 0.15) is 11.3 Å². The van der Waals surface area contributed by atoms with Crippen molar-refractivity contribution in [2.24, 2.45) is 0 Å². The number of hydrogen-bond acceptors (Lipinski definition) is 4. The number of aryl methyl sites for hydroxylation is 1. The first-order valence-electron chi connectivity index (χ1n) is 11.2. The number of H-pyrrole nitrogens is 1. The number of aromatic amines is 1. The van der Waals surface area contributed by atoms with Gasteiger partial charge in [0.05, 0.1) is 11.0 Å². The number of para-hydroxylation sites is 2. The van der Waals surface area contributed by atoms with E-state index in [0.29, 0.717) is 16.5 Å². The summed E-state index contributed by atoms with van der Waals surface area (Å²) in [5, 5.41) is 6.50. The van der Waals surface area contributed by atoms with Crippen molar-refractivity contribution < 1.29 is 9.21 Å². The molecule has 178 valence electrons. The quantitative estimate of drug-likeness (QED) is 0.175. The van der Waals surface area contributed by atoms with E-state index in [2.05, 4.69) is 20.6 Å². The monoisotopic (exact) mass is 512 g/mol. The number of carbonyl (C=O) groups excluding carboxylic acids is 1. The maximum atomic E-state index is 12.3. The zero-order valence-corrected chi connectivity index (χ0v) is 20.8. The Morgan fingerprint density at radius 3 is 2.58 bits per heavy atom.